The monoisotopic (exact) mass is 201 g/mol. The van der Waals surface area contributed by atoms with Crippen molar-refractivity contribution in [1.82, 2.24) is 0 Å². The van der Waals surface area contributed by atoms with Gasteiger partial charge in [-0.1, -0.05) is 32.6 Å². The van der Waals surface area contributed by atoms with Crippen molar-refractivity contribution in [2.45, 2.75) is 45.4 Å². The second-order valence-corrected chi connectivity index (χ2v) is 3.54. The van der Waals surface area contributed by atoms with Gasteiger partial charge in [-0.15, -0.1) is 0 Å². The number of carbonyl (C=O) groups excluding carboxylic acids is 1. The number of unbranched alkanes of at least 4 members (excludes halogenated alkanes) is 4. The largest absolute Gasteiger partial charge is 0.372 e. The molecule has 0 saturated heterocycles. The first-order valence-electron chi connectivity index (χ1n) is 5.60. The van der Waals surface area contributed by atoms with Gasteiger partial charge in [-0.05, 0) is 6.42 Å². The Balaban J connectivity index is 3.10. The minimum Gasteiger partial charge on any atom is -0.372 e. The average Bonchev–Trinajstić information content (AvgIpc) is 2.18. The van der Waals surface area contributed by atoms with Gasteiger partial charge in [-0.25, -0.2) is 0 Å². The maximum atomic E-state index is 11.2. The number of hydrogen-bond acceptors (Lipinski definition) is 3. The Hall–Kier alpha value is -0.410. The van der Waals surface area contributed by atoms with Crippen LogP contribution in [0, 0.1) is 0 Å². The number of hydrogen-bond donors (Lipinski definition) is 1. The molecule has 0 radical (unpaired) electrons. The van der Waals surface area contributed by atoms with Crippen LogP contribution in [0.3, 0.4) is 0 Å². The van der Waals surface area contributed by atoms with Gasteiger partial charge in [0, 0.05) is 13.0 Å². The molecule has 0 aromatic heterocycles. The first-order chi connectivity index (χ1) is 6.81. The summed E-state index contributed by atoms with van der Waals surface area (Å²) in [5.74, 6) is 0.204. The molecule has 3 nitrogen and oxygen atoms in total. The van der Waals surface area contributed by atoms with Crippen LogP contribution in [0.15, 0.2) is 0 Å². The average molecular weight is 201 g/mol. The lowest BCUT2D eigenvalue weighted by Gasteiger charge is -2.02. The predicted molar refractivity (Wildman–Crippen MR) is 58.3 cm³/mol. The maximum absolute atomic E-state index is 11.2. The third-order valence-electron chi connectivity index (χ3n) is 2.08. The summed E-state index contributed by atoms with van der Waals surface area (Å²) in [6, 6.07) is 0. The fourth-order valence-electron chi connectivity index (χ4n) is 1.27. The number of Topliss-reactive ketones (excluding diaryl/α,β-unsaturated/α-hetero) is 1. The van der Waals surface area contributed by atoms with Gasteiger partial charge in [0.2, 0.25) is 0 Å². The van der Waals surface area contributed by atoms with E-state index in [-0.39, 0.29) is 12.4 Å². The van der Waals surface area contributed by atoms with Crippen LogP contribution in [0.25, 0.3) is 0 Å². The quantitative estimate of drug-likeness (QED) is 0.549. The Morgan fingerprint density at radius 1 is 1.21 bits per heavy atom. The molecule has 0 saturated carbocycles. The smallest absolute Gasteiger partial charge is 0.158 e. The molecule has 14 heavy (non-hydrogen) atoms. The van der Waals surface area contributed by atoms with Crippen LogP contribution < -0.4 is 5.73 Å². The van der Waals surface area contributed by atoms with E-state index in [0.29, 0.717) is 19.6 Å². The van der Waals surface area contributed by atoms with E-state index in [1.54, 1.807) is 0 Å². The van der Waals surface area contributed by atoms with Crippen LogP contribution >= 0.6 is 0 Å². The van der Waals surface area contributed by atoms with Gasteiger partial charge in [-0.2, -0.15) is 0 Å². The zero-order valence-corrected chi connectivity index (χ0v) is 9.26. The molecular formula is C11H23NO2. The predicted octanol–water partition coefficient (Wildman–Crippen LogP) is 1.89. The summed E-state index contributed by atoms with van der Waals surface area (Å²) in [6.07, 6.45) is 6.59. The first kappa shape index (κ1) is 13.6. The number of carbonyl (C=O) groups is 1. The molecule has 0 fully saturated rings. The molecule has 84 valence electrons. The van der Waals surface area contributed by atoms with Crippen molar-refractivity contribution in [1.29, 1.82) is 0 Å². The molecular weight excluding hydrogens is 178 g/mol. The highest BCUT2D eigenvalue weighted by molar-refractivity contribution is 5.79. The number of rotatable bonds is 10. The van der Waals surface area contributed by atoms with Crippen molar-refractivity contribution in [3.05, 3.63) is 0 Å². The van der Waals surface area contributed by atoms with E-state index in [2.05, 4.69) is 6.92 Å². The summed E-state index contributed by atoms with van der Waals surface area (Å²) < 4.78 is 5.05. The minimum atomic E-state index is 0.204. The van der Waals surface area contributed by atoms with Gasteiger partial charge in [0.25, 0.3) is 0 Å². The third-order valence-corrected chi connectivity index (χ3v) is 2.08. The van der Waals surface area contributed by atoms with E-state index >= 15 is 0 Å². The lowest BCUT2D eigenvalue weighted by Crippen LogP contribution is -2.14. The van der Waals surface area contributed by atoms with Crippen LogP contribution in [0.5, 0.6) is 0 Å². The van der Waals surface area contributed by atoms with Gasteiger partial charge in [-0.3, -0.25) is 4.79 Å². The molecule has 0 unspecified atom stereocenters. The molecule has 3 heteroatoms. The van der Waals surface area contributed by atoms with Gasteiger partial charge < -0.3 is 10.5 Å². The fraction of sp³-hybridized carbons (Fsp3) is 0.909. The zero-order chi connectivity index (χ0) is 10.6. The number of ether oxygens (including phenoxy) is 1. The second-order valence-electron chi connectivity index (χ2n) is 3.54. The summed E-state index contributed by atoms with van der Waals surface area (Å²) in [4.78, 5) is 11.2. The number of nitrogens with two attached hydrogens (primary N) is 1. The molecule has 2 N–H and O–H groups in total. The molecule has 0 spiro atoms. The van der Waals surface area contributed by atoms with Crippen LogP contribution in [0.1, 0.15) is 45.4 Å². The lowest BCUT2D eigenvalue weighted by molar-refractivity contribution is -0.123. The molecule has 0 aliphatic carbocycles. The molecule has 0 aromatic carbocycles. The van der Waals surface area contributed by atoms with Crippen molar-refractivity contribution >= 4 is 5.78 Å². The minimum absolute atomic E-state index is 0.204. The van der Waals surface area contributed by atoms with E-state index in [0.717, 1.165) is 12.8 Å². The SMILES string of the molecule is CCCCCCCC(=O)COCCN. The normalized spacial score (nSPS) is 10.4. The topological polar surface area (TPSA) is 52.3 Å². The highest BCUT2D eigenvalue weighted by Gasteiger charge is 2.00. The summed E-state index contributed by atoms with van der Waals surface area (Å²) in [7, 11) is 0. The molecule has 0 aliphatic rings. The van der Waals surface area contributed by atoms with Gasteiger partial charge in [0.15, 0.2) is 5.78 Å². The fourth-order valence-corrected chi connectivity index (χ4v) is 1.27. The molecule has 0 bridgehead atoms. The highest BCUT2D eigenvalue weighted by Crippen LogP contribution is 2.05. The Kier molecular flexibility index (Phi) is 10.4. The molecule has 0 rings (SSSR count). The molecule has 0 heterocycles. The Labute approximate surface area is 87.0 Å². The zero-order valence-electron chi connectivity index (χ0n) is 9.26. The molecule has 0 aliphatic heterocycles. The van der Waals surface area contributed by atoms with Crippen molar-refractivity contribution in [3.8, 4) is 0 Å². The van der Waals surface area contributed by atoms with Crippen molar-refractivity contribution < 1.29 is 9.53 Å². The van der Waals surface area contributed by atoms with E-state index < -0.39 is 0 Å². The Morgan fingerprint density at radius 2 is 1.93 bits per heavy atom. The summed E-state index contributed by atoms with van der Waals surface area (Å²) in [5.41, 5.74) is 5.23. The number of ketones is 1. The summed E-state index contributed by atoms with van der Waals surface area (Å²) >= 11 is 0. The van der Waals surface area contributed by atoms with E-state index in [1.807, 2.05) is 0 Å². The maximum Gasteiger partial charge on any atom is 0.158 e. The third kappa shape index (κ3) is 9.68. The van der Waals surface area contributed by atoms with Crippen molar-refractivity contribution in [2.75, 3.05) is 19.8 Å². The van der Waals surface area contributed by atoms with Gasteiger partial charge in [0.1, 0.15) is 6.61 Å². The van der Waals surface area contributed by atoms with Crippen LogP contribution in [-0.4, -0.2) is 25.5 Å². The van der Waals surface area contributed by atoms with E-state index in [9.17, 15) is 4.79 Å². The Morgan fingerprint density at radius 3 is 2.57 bits per heavy atom. The van der Waals surface area contributed by atoms with Crippen LogP contribution in [0.2, 0.25) is 0 Å². The molecule has 0 amide bonds. The van der Waals surface area contributed by atoms with Crippen LogP contribution in [-0.2, 0) is 9.53 Å². The second kappa shape index (κ2) is 10.7. The van der Waals surface area contributed by atoms with E-state index in [1.165, 1.54) is 19.3 Å². The van der Waals surface area contributed by atoms with Gasteiger partial charge in [0.05, 0.1) is 6.61 Å². The standard InChI is InChI=1S/C11H23NO2/c1-2-3-4-5-6-7-11(13)10-14-9-8-12/h2-10,12H2,1H3. The van der Waals surface area contributed by atoms with Crippen molar-refractivity contribution in [3.63, 3.8) is 0 Å². The van der Waals surface area contributed by atoms with Crippen molar-refractivity contribution in [2.24, 2.45) is 5.73 Å². The Bertz CT molecular complexity index is 137. The first-order valence-corrected chi connectivity index (χ1v) is 5.60. The molecule has 0 atom stereocenters. The highest BCUT2D eigenvalue weighted by atomic mass is 16.5. The lowest BCUT2D eigenvalue weighted by atomic mass is 10.1. The van der Waals surface area contributed by atoms with Crippen LogP contribution in [0.4, 0.5) is 0 Å². The molecule has 0 aromatic rings. The van der Waals surface area contributed by atoms with E-state index in [4.69, 9.17) is 10.5 Å². The summed E-state index contributed by atoms with van der Waals surface area (Å²) in [6.45, 7) is 3.40. The van der Waals surface area contributed by atoms with Gasteiger partial charge >= 0.3 is 0 Å². The summed E-state index contributed by atoms with van der Waals surface area (Å²) in [5, 5.41) is 0.